The molecule has 0 spiro atoms. The highest BCUT2D eigenvalue weighted by Gasteiger charge is 2.46. The van der Waals surface area contributed by atoms with Gasteiger partial charge < -0.3 is 9.80 Å². The lowest BCUT2D eigenvalue weighted by molar-refractivity contribution is -0.139. The van der Waals surface area contributed by atoms with Crippen LogP contribution in [0, 0.1) is 5.41 Å². The standard InChI is InChI=1S/C21H26N2O2S/c1-4-19(24)23-12-11-21(15-23,20(25)22(2)3)14-16-7-9-17(10-8-16)18-6-5-13-26-18/h5-10,13H,4,11-12,14-15H2,1-3H3/t21-/m0/s1. The van der Waals surface area contributed by atoms with Crippen LogP contribution in [0.4, 0.5) is 0 Å². The second kappa shape index (κ2) is 7.62. The maximum absolute atomic E-state index is 13.0. The van der Waals surface area contributed by atoms with E-state index in [2.05, 4.69) is 41.8 Å². The maximum atomic E-state index is 13.0. The Labute approximate surface area is 159 Å². The zero-order valence-electron chi connectivity index (χ0n) is 15.7. The van der Waals surface area contributed by atoms with E-state index in [1.807, 2.05) is 11.8 Å². The van der Waals surface area contributed by atoms with Crippen LogP contribution in [0.25, 0.3) is 10.4 Å². The first kappa shape index (κ1) is 18.6. The fourth-order valence-corrected chi connectivity index (χ4v) is 4.53. The Bertz CT molecular complexity index is 768. The minimum absolute atomic E-state index is 0.117. The number of thiophene rings is 1. The summed E-state index contributed by atoms with van der Waals surface area (Å²) in [7, 11) is 3.60. The lowest BCUT2D eigenvalue weighted by Gasteiger charge is -2.31. The Kier molecular flexibility index (Phi) is 5.47. The minimum Gasteiger partial charge on any atom is -0.348 e. The highest BCUT2D eigenvalue weighted by molar-refractivity contribution is 7.13. The second-order valence-corrected chi connectivity index (χ2v) is 8.20. The van der Waals surface area contributed by atoms with Crippen LogP contribution >= 0.6 is 11.3 Å². The molecule has 1 aromatic heterocycles. The maximum Gasteiger partial charge on any atom is 0.230 e. The first-order valence-electron chi connectivity index (χ1n) is 9.07. The van der Waals surface area contributed by atoms with Crippen molar-refractivity contribution in [1.29, 1.82) is 0 Å². The molecule has 1 atom stereocenters. The van der Waals surface area contributed by atoms with Gasteiger partial charge in [-0.15, -0.1) is 11.3 Å². The zero-order valence-corrected chi connectivity index (χ0v) is 16.5. The van der Waals surface area contributed by atoms with Crippen molar-refractivity contribution in [2.24, 2.45) is 5.41 Å². The van der Waals surface area contributed by atoms with Gasteiger partial charge in [-0.1, -0.05) is 37.3 Å². The van der Waals surface area contributed by atoms with Crippen molar-refractivity contribution in [2.45, 2.75) is 26.2 Å². The molecule has 26 heavy (non-hydrogen) atoms. The van der Waals surface area contributed by atoms with E-state index in [1.54, 1.807) is 30.3 Å². The van der Waals surface area contributed by atoms with Gasteiger partial charge in [0.15, 0.2) is 0 Å². The molecule has 2 aromatic rings. The van der Waals surface area contributed by atoms with Gasteiger partial charge in [-0.2, -0.15) is 0 Å². The van der Waals surface area contributed by atoms with Crippen LogP contribution in [-0.2, 0) is 16.0 Å². The van der Waals surface area contributed by atoms with Crippen LogP contribution in [0.3, 0.4) is 0 Å². The van der Waals surface area contributed by atoms with Crippen molar-refractivity contribution >= 4 is 23.2 Å². The van der Waals surface area contributed by atoms with Crippen LogP contribution in [0.1, 0.15) is 25.3 Å². The third-order valence-corrected chi connectivity index (χ3v) is 6.09. The third-order valence-electron chi connectivity index (χ3n) is 5.17. The number of carbonyl (C=O) groups excluding carboxylic acids is 2. The van der Waals surface area contributed by atoms with E-state index in [1.165, 1.54) is 10.4 Å². The van der Waals surface area contributed by atoms with Crippen molar-refractivity contribution in [3.63, 3.8) is 0 Å². The fourth-order valence-electron chi connectivity index (χ4n) is 3.80. The average Bonchev–Trinajstić information content (AvgIpc) is 3.32. The topological polar surface area (TPSA) is 40.6 Å². The molecule has 3 rings (SSSR count). The molecule has 1 aliphatic heterocycles. The number of likely N-dealkylation sites (tertiary alicyclic amines) is 1. The summed E-state index contributed by atoms with van der Waals surface area (Å²) in [4.78, 5) is 29.9. The Morgan fingerprint density at radius 2 is 1.92 bits per heavy atom. The summed E-state index contributed by atoms with van der Waals surface area (Å²) < 4.78 is 0. The average molecular weight is 371 g/mol. The van der Waals surface area contributed by atoms with Gasteiger partial charge in [0, 0.05) is 38.5 Å². The van der Waals surface area contributed by atoms with Gasteiger partial charge in [0.2, 0.25) is 11.8 Å². The molecule has 5 heteroatoms. The van der Waals surface area contributed by atoms with E-state index in [0.717, 1.165) is 12.0 Å². The summed E-state index contributed by atoms with van der Waals surface area (Å²) in [6.45, 7) is 3.06. The molecule has 2 amide bonds. The van der Waals surface area contributed by atoms with Crippen molar-refractivity contribution in [2.75, 3.05) is 27.2 Å². The number of carbonyl (C=O) groups is 2. The van der Waals surface area contributed by atoms with Crippen LogP contribution in [-0.4, -0.2) is 48.8 Å². The lowest BCUT2D eigenvalue weighted by Crippen LogP contribution is -2.44. The molecule has 0 aliphatic carbocycles. The SMILES string of the molecule is CCC(=O)N1CC[C@@](Cc2ccc(-c3cccs3)cc2)(C(=O)N(C)C)C1. The first-order valence-corrected chi connectivity index (χ1v) is 9.95. The Morgan fingerprint density at radius 3 is 2.50 bits per heavy atom. The molecule has 2 heterocycles. The molecule has 1 aliphatic rings. The van der Waals surface area contributed by atoms with Crippen LogP contribution in [0.5, 0.6) is 0 Å². The van der Waals surface area contributed by atoms with Gasteiger partial charge in [-0.3, -0.25) is 9.59 Å². The van der Waals surface area contributed by atoms with E-state index in [-0.39, 0.29) is 11.8 Å². The summed E-state index contributed by atoms with van der Waals surface area (Å²) in [6, 6.07) is 12.6. The summed E-state index contributed by atoms with van der Waals surface area (Å²) in [5.41, 5.74) is 1.83. The number of hydrogen-bond acceptors (Lipinski definition) is 3. The number of benzene rings is 1. The summed E-state index contributed by atoms with van der Waals surface area (Å²) in [6.07, 6.45) is 1.88. The fraction of sp³-hybridized carbons (Fsp3) is 0.429. The van der Waals surface area contributed by atoms with Crippen molar-refractivity contribution in [3.05, 3.63) is 47.3 Å². The van der Waals surface area contributed by atoms with Crippen molar-refractivity contribution in [3.8, 4) is 10.4 Å². The van der Waals surface area contributed by atoms with E-state index in [9.17, 15) is 9.59 Å². The van der Waals surface area contributed by atoms with Gasteiger partial charge in [0.25, 0.3) is 0 Å². The molecule has 0 radical (unpaired) electrons. The molecule has 1 saturated heterocycles. The minimum atomic E-state index is -0.515. The predicted octanol–water partition coefficient (Wildman–Crippen LogP) is 3.67. The third kappa shape index (κ3) is 3.68. The molecular weight excluding hydrogens is 344 g/mol. The van der Waals surface area contributed by atoms with Gasteiger partial charge in [-0.05, 0) is 35.4 Å². The van der Waals surface area contributed by atoms with E-state index < -0.39 is 5.41 Å². The molecule has 0 bridgehead atoms. The second-order valence-electron chi connectivity index (χ2n) is 7.25. The van der Waals surface area contributed by atoms with Gasteiger partial charge >= 0.3 is 0 Å². The first-order chi connectivity index (χ1) is 12.4. The number of rotatable bonds is 5. The van der Waals surface area contributed by atoms with Crippen LogP contribution in [0.15, 0.2) is 41.8 Å². The van der Waals surface area contributed by atoms with Gasteiger partial charge in [0.1, 0.15) is 0 Å². The highest BCUT2D eigenvalue weighted by atomic mass is 32.1. The van der Waals surface area contributed by atoms with Crippen molar-refractivity contribution in [1.82, 2.24) is 9.80 Å². The summed E-state index contributed by atoms with van der Waals surface area (Å²) >= 11 is 1.72. The molecule has 0 saturated carbocycles. The van der Waals surface area contributed by atoms with E-state index in [0.29, 0.717) is 25.9 Å². The number of amides is 2. The monoisotopic (exact) mass is 370 g/mol. The largest absolute Gasteiger partial charge is 0.348 e. The number of nitrogens with zero attached hydrogens (tertiary/aromatic N) is 2. The van der Waals surface area contributed by atoms with Crippen molar-refractivity contribution < 1.29 is 9.59 Å². The zero-order chi connectivity index (χ0) is 18.7. The van der Waals surface area contributed by atoms with Crippen LogP contribution < -0.4 is 0 Å². The Morgan fingerprint density at radius 1 is 1.19 bits per heavy atom. The Hall–Kier alpha value is -2.14. The van der Waals surface area contributed by atoms with E-state index >= 15 is 0 Å². The van der Waals surface area contributed by atoms with Gasteiger partial charge in [-0.25, -0.2) is 0 Å². The van der Waals surface area contributed by atoms with E-state index in [4.69, 9.17) is 0 Å². The summed E-state index contributed by atoms with van der Waals surface area (Å²) in [5.74, 6) is 0.248. The highest BCUT2D eigenvalue weighted by Crippen LogP contribution is 2.37. The van der Waals surface area contributed by atoms with Gasteiger partial charge in [0.05, 0.1) is 5.41 Å². The molecule has 1 aromatic carbocycles. The lowest BCUT2D eigenvalue weighted by atomic mass is 9.79. The molecule has 1 fully saturated rings. The normalized spacial score (nSPS) is 19.6. The Balaban J connectivity index is 1.82. The molecule has 138 valence electrons. The molecule has 4 nitrogen and oxygen atoms in total. The predicted molar refractivity (Wildman–Crippen MR) is 106 cm³/mol. The quantitative estimate of drug-likeness (QED) is 0.806. The smallest absolute Gasteiger partial charge is 0.230 e. The molecule has 0 N–H and O–H groups in total. The summed E-state index contributed by atoms with van der Waals surface area (Å²) in [5, 5.41) is 2.08. The molecular formula is C21H26N2O2S. The number of hydrogen-bond donors (Lipinski definition) is 0. The molecule has 0 unspecified atom stereocenters. The van der Waals surface area contributed by atoms with Crippen LogP contribution in [0.2, 0.25) is 0 Å².